The van der Waals surface area contributed by atoms with Gasteiger partial charge in [-0.15, -0.1) is 11.3 Å². The quantitative estimate of drug-likeness (QED) is 0.853. The minimum atomic E-state index is -3.39. The average molecular weight is 277 g/mol. The van der Waals surface area contributed by atoms with Gasteiger partial charge < -0.3 is 4.74 Å². The van der Waals surface area contributed by atoms with Crippen LogP contribution in [0.25, 0.3) is 0 Å². The van der Waals surface area contributed by atoms with Crippen molar-refractivity contribution in [3.05, 3.63) is 16.0 Å². The molecule has 0 aliphatic heterocycles. The van der Waals surface area contributed by atoms with Gasteiger partial charge in [0.25, 0.3) is 0 Å². The Hall–Kier alpha value is -1.08. The van der Waals surface area contributed by atoms with Gasteiger partial charge in [-0.3, -0.25) is 4.72 Å². The number of sulfonamides is 1. The molecule has 0 saturated heterocycles. The van der Waals surface area contributed by atoms with E-state index in [9.17, 15) is 13.2 Å². The molecule has 0 amide bonds. The molecule has 1 N–H and O–H groups in total. The Morgan fingerprint density at radius 1 is 1.41 bits per heavy atom. The van der Waals surface area contributed by atoms with E-state index >= 15 is 0 Å². The number of nitrogens with one attached hydrogen (secondary N) is 1. The highest BCUT2D eigenvalue weighted by Crippen LogP contribution is 2.33. The minimum Gasteiger partial charge on any atom is -0.465 e. The lowest BCUT2D eigenvalue weighted by molar-refractivity contribution is 0.0601. The van der Waals surface area contributed by atoms with Crippen molar-refractivity contribution in [3.8, 4) is 0 Å². The van der Waals surface area contributed by atoms with Crippen LogP contribution in [-0.4, -0.2) is 27.2 Å². The number of carbonyl (C=O) groups is 1. The van der Waals surface area contributed by atoms with E-state index < -0.39 is 16.0 Å². The number of hydrogen-bond acceptors (Lipinski definition) is 5. The summed E-state index contributed by atoms with van der Waals surface area (Å²) in [6.07, 6.45) is 0. The highest BCUT2D eigenvalue weighted by Gasteiger charge is 2.22. The number of methoxy groups -OCH3 is 1. The molecule has 7 heteroatoms. The van der Waals surface area contributed by atoms with Crippen molar-refractivity contribution in [2.24, 2.45) is 0 Å². The lowest BCUT2D eigenvalue weighted by Gasteiger charge is -2.06. The summed E-state index contributed by atoms with van der Waals surface area (Å²) >= 11 is 1.24. The Balaban J connectivity index is 3.25. The first-order chi connectivity index (χ1) is 7.82. The molecule has 0 unspecified atom stereocenters. The Kier molecular flexibility index (Phi) is 4.16. The fourth-order valence-corrected chi connectivity index (χ4v) is 3.24. The smallest absolute Gasteiger partial charge is 0.341 e. The van der Waals surface area contributed by atoms with Crippen molar-refractivity contribution in [1.29, 1.82) is 0 Å². The standard InChI is InChI=1S/C10H15NO4S2/c1-5-17(13,14)11-9-8(10(12)15-4)6(2)7(3)16-9/h11H,5H2,1-4H3. The maximum absolute atomic E-state index is 11.6. The predicted octanol–water partition coefficient (Wildman–Crippen LogP) is 1.91. The van der Waals surface area contributed by atoms with E-state index in [1.165, 1.54) is 25.4 Å². The molecule has 0 aromatic carbocycles. The van der Waals surface area contributed by atoms with Crippen LogP contribution >= 0.6 is 11.3 Å². The second-order valence-corrected chi connectivity index (χ2v) is 6.72. The lowest BCUT2D eigenvalue weighted by atomic mass is 10.2. The number of hydrogen-bond donors (Lipinski definition) is 1. The Morgan fingerprint density at radius 2 is 2.00 bits per heavy atom. The molecule has 96 valence electrons. The van der Waals surface area contributed by atoms with E-state index in [1.807, 2.05) is 6.92 Å². The zero-order chi connectivity index (χ0) is 13.2. The van der Waals surface area contributed by atoms with E-state index in [0.29, 0.717) is 10.6 Å². The molecule has 5 nitrogen and oxygen atoms in total. The van der Waals surface area contributed by atoms with Gasteiger partial charge in [-0.1, -0.05) is 0 Å². The van der Waals surface area contributed by atoms with Crippen molar-refractivity contribution < 1.29 is 17.9 Å². The number of ether oxygens (including phenoxy) is 1. The zero-order valence-corrected chi connectivity index (χ0v) is 11.8. The summed E-state index contributed by atoms with van der Waals surface area (Å²) < 4.78 is 30.0. The van der Waals surface area contributed by atoms with Gasteiger partial charge in [-0.25, -0.2) is 13.2 Å². The summed E-state index contributed by atoms with van der Waals surface area (Å²) in [5, 5.41) is 0.328. The van der Waals surface area contributed by atoms with E-state index in [2.05, 4.69) is 9.46 Å². The predicted molar refractivity (Wildman–Crippen MR) is 68.2 cm³/mol. The van der Waals surface area contributed by atoms with Gasteiger partial charge in [-0.2, -0.15) is 0 Å². The molecular weight excluding hydrogens is 262 g/mol. The number of carbonyl (C=O) groups excluding carboxylic acids is 1. The molecule has 0 bridgehead atoms. The highest BCUT2D eigenvalue weighted by molar-refractivity contribution is 7.92. The van der Waals surface area contributed by atoms with Gasteiger partial charge in [0, 0.05) is 4.88 Å². The first kappa shape index (κ1) is 14.0. The van der Waals surface area contributed by atoms with Crippen LogP contribution in [0.3, 0.4) is 0 Å². The summed E-state index contributed by atoms with van der Waals surface area (Å²) in [7, 11) is -2.12. The van der Waals surface area contributed by atoms with E-state index in [1.54, 1.807) is 6.92 Å². The molecule has 1 aromatic rings. The third-order valence-electron chi connectivity index (χ3n) is 2.40. The Bertz CT molecular complexity index is 531. The zero-order valence-electron chi connectivity index (χ0n) is 10.2. The molecule has 17 heavy (non-hydrogen) atoms. The summed E-state index contributed by atoms with van der Waals surface area (Å²) in [6.45, 7) is 5.13. The van der Waals surface area contributed by atoms with Gasteiger partial charge in [-0.05, 0) is 26.3 Å². The van der Waals surface area contributed by atoms with Crippen LogP contribution < -0.4 is 4.72 Å². The Morgan fingerprint density at radius 3 is 2.47 bits per heavy atom. The van der Waals surface area contributed by atoms with E-state index in [0.717, 1.165) is 10.4 Å². The first-order valence-electron chi connectivity index (χ1n) is 5.01. The number of anilines is 1. The summed E-state index contributed by atoms with van der Waals surface area (Å²) in [5.41, 5.74) is 1.04. The van der Waals surface area contributed by atoms with Gasteiger partial charge in [0.05, 0.1) is 18.4 Å². The molecule has 1 rings (SSSR count). The molecule has 1 aromatic heterocycles. The van der Waals surface area contributed by atoms with Gasteiger partial charge in [0.1, 0.15) is 5.00 Å². The third kappa shape index (κ3) is 2.98. The lowest BCUT2D eigenvalue weighted by Crippen LogP contribution is -2.16. The molecule has 1 heterocycles. The van der Waals surface area contributed by atoms with Crippen LogP contribution in [0, 0.1) is 13.8 Å². The average Bonchev–Trinajstić information content (AvgIpc) is 2.53. The molecular formula is C10H15NO4S2. The van der Waals surface area contributed by atoms with Crippen LogP contribution in [0.4, 0.5) is 5.00 Å². The number of esters is 1. The monoisotopic (exact) mass is 277 g/mol. The van der Waals surface area contributed by atoms with Crippen LogP contribution in [0.5, 0.6) is 0 Å². The van der Waals surface area contributed by atoms with Crippen molar-refractivity contribution in [3.63, 3.8) is 0 Å². The number of rotatable bonds is 4. The van der Waals surface area contributed by atoms with Crippen molar-refractivity contribution in [2.75, 3.05) is 17.6 Å². The number of thiophene rings is 1. The van der Waals surface area contributed by atoms with Gasteiger partial charge >= 0.3 is 5.97 Å². The van der Waals surface area contributed by atoms with Crippen molar-refractivity contribution in [1.82, 2.24) is 0 Å². The SMILES string of the molecule is CCS(=O)(=O)Nc1sc(C)c(C)c1C(=O)OC. The second-order valence-electron chi connectivity index (χ2n) is 3.48. The largest absolute Gasteiger partial charge is 0.465 e. The fraction of sp³-hybridized carbons (Fsp3) is 0.500. The molecule has 0 fully saturated rings. The molecule has 0 radical (unpaired) electrons. The fourth-order valence-electron chi connectivity index (χ4n) is 1.26. The maximum Gasteiger partial charge on any atom is 0.341 e. The molecule has 0 atom stereocenters. The third-order valence-corrected chi connectivity index (χ3v) is 4.93. The topological polar surface area (TPSA) is 72.5 Å². The van der Waals surface area contributed by atoms with Crippen LogP contribution in [0.1, 0.15) is 27.7 Å². The van der Waals surface area contributed by atoms with Gasteiger partial charge in [0.2, 0.25) is 10.0 Å². The van der Waals surface area contributed by atoms with Crippen molar-refractivity contribution >= 4 is 32.3 Å². The first-order valence-corrected chi connectivity index (χ1v) is 7.48. The molecule has 0 aliphatic carbocycles. The number of aryl methyl sites for hydroxylation is 1. The van der Waals surface area contributed by atoms with Crippen LogP contribution in [-0.2, 0) is 14.8 Å². The minimum absolute atomic E-state index is 0.0381. The summed E-state index contributed by atoms with van der Waals surface area (Å²) in [4.78, 5) is 12.5. The summed E-state index contributed by atoms with van der Waals surface area (Å²) in [5.74, 6) is -0.565. The highest BCUT2D eigenvalue weighted by atomic mass is 32.2. The van der Waals surface area contributed by atoms with Gasteiger partial charge in [0.15, 0.2) is 0 Å². The Labute approximate surface area is 105 Å². The molecule has 0 aliphatic rings. The second kappa shape index (κ2) is 5.05. The van der Waals surface area contributed by atoms with E-state index in [-0.39, 0.29) is 5.75 Å². The molecule has 0 spiro atoms. The maximum atomic E-state index is 11.6. The van der Waals surface area contributed by atoms with Crippen LogP contribution in [0.15, 0.2) is 0 Å². The van der Waals surface area contributed by atoms with Crippen molar-refractivity contribution in [2.45, 2.75) is 20.8 Å². The normalized spacial score (nSPS) is 11.3. The molecule has 0 saturated carbocycles. The van der Waals surface area contributed by atoms with E-state index in [4.69, 9.17) is 0 Å². The summed E-state index contributed by atoms with van der Waals surface area (Å²) in [6, 6.07) is 0. The van der Waals surface area contributed by atoms with Crippen LogP contribution in [0.2, 0.25) is 0 Å².